The molecule has 9 heavy (non-hydrogen) atoms. The third-order valence-corrected chi connectivity index (χ3v) is 1.74. The van der Waals surface area contributed by atoms with E-state index in [1.165, 1.54) is 0 Å². The van der Waals surface area contributed by atoms with Gasteiger partial charge in [-0.25, -0.2) is 0 Å². The quantitative estimate of drug-likeness (QED) is 0.537. The fourth-order valence-electron chi connectivity index (χ4n) is 0.996. The van der Waals surface area contributed by atoms with Gasteiger partial charge in [0.1, 0.15) is 0 Å². The lowest BCUT2D eigenvalue weighted by Crippen LogP contribution is -2.29. The zero-order valence-electron chi connectivity index (χ0n) is 5.67. The molecule has 0 saturated carbocycles. The summed E-state index contributed by atoms with van der Waals surface area (Å²) < 4.78 is 0. The van der Waals surface area contributed by atoms with E-state index in [1.54, 1.807) is 0 Å². The van der Waals surface area contributed by atoms with Crippen LogP contribution in [0, 0.1) is 5.92 Å². The van der Waals surface area contributed by atoms with Gasteiger partial charge in [0.05, 0.1) is 6.10 Å². The highest BCUT2D eigenvalue weighted by atomic mass is 16.3. The van der Waals surface area contributed by atoms with E-state index in [9.17, 15) is 0 Å². The molecule has 0 aliphatic carbocycles. The van der Waals surface area contributed by atoms with Crippen molar-refractivity contribution in [2.24, 2.45) is 5.92 Å². The van der Waals surface area contributed by atoms with Gasteiger partial charge in [0, 0.05) is 12.5 Å². The van der Waals surface area contributed by atoms with Gasteiger partial charge < -0.3 is 10.4 Å². The van der Waals surface area contributed by atoms with Crippen molar-refractivity contribution in [3.05, 3.63) is 12.3 Å². The Kier molecular flexibility index (Phi) is 2.11. The van der Waals surface area contributed by atoms with Gasteiger partial charge in [-0.1, -0.05) is 6.08 Å². The van der Waals surface area contributed by atoms with E-state index in [1.807, 2.05) is 13.1 Å². The van der Waals surface area contributed by atoms with Crippen molar-refractivity contribution in [2.45, 2.75) is 19.4 Å². The summed E-state index contributed by atoms with van der Waals surface area (Å²) in [4.78, 5) is 0. The van der Waals surface area contributed by atoms with Gasteiger partial charge in [0.25, 0.3) is 0 Å². The fraction of sp³-hybridized carbons (Fsp3) is 0.714. The molecular weight excluding hydrogens is 114 g/mol. The Balaban J connectivity index is 2.35. The monoisotopic (exact) mass is 127 g/mol. The predicted octanol–water partition coefficient (Wildman–Crippen LogP) is 0.490. The van der Waals surface area contributed by atoms with E-state index in [2.05, 4.69) is 11.4 Å². The summed E-state index contributed by atoms with van der Waals surface area (Å²) >= 11 is 0. The van der Waals surface area contributed by atoms with Gasteiger partial charge >= 0.3 is 0 Å². The third kappa shape index (κ3) is 1.72. The lowest BCUT2D eigenvalue weighted by atomic mass is 9.98. The van der Waals surface area contributed by atoms with Gasteiger partial charge in [-0.3, -0.25) is 0 Å². The smallest absolute Gasteiger partial charge is 0.0560 e. The van der Waals surface area contributed by atoms with Gasteiger partial charge in [-0.15, -0.1) is 0 Å². The second-order valence-electron chi connectivity index (χ2n) is 2.55. The first kappa shape index (κ1) is 6.62. The second-order valence-corrected chi connectivity index (χ2v) is 2.55. The number of allylic oxidation sites excluding steroid dienone is 1. The Labute approximate surface area is 55.6 Å². The summed E-state index contributed by atoms with van der Waals surface area (Å²) in [6.07, 6.45) is 4.83. The molecule has 0 aromatic carbocycles. The Morgan fingerprint density at radius 2 is 2.56 bits per heavy atom. The number of rotatable bonds is 1. The Morgan fingerprint density at radius 1 is 1.78 bits per heavy atom. The minimum atomic E-state index is -0.178. The van der Waals surface area contributed by atoms with Crippen LogP contribution < -0.4 is 5.32 Å². The van der Waals surface area contributed by atoms with Crippen LogP contribution in [0.15, 0.2) is 12.3 Å². The summed E-state index contributed by atoms with van der Waals surface area (Å²) in [5.41, 5.74) is 0. The first-order valence-electron chi connectivity index (χ1n) is 3.37. The van der Waals surface area contributed by atoms with Crippen molar-refractivity contribution in [1.29, 1.82) is 0 Å². The molecule has 0 spiro atoms. The highest BCUT2D eigenvalue weighted by molar-refractivity contribution is 4.90. The van der Waals surface area contributed by atoms with Crippen LogP contribution in [0.4, 0.5) is 0 Å². The normalized spacial score (nSPS) is 29.3. The SMILES string of the molecule is CC(O)C1CC=CNC1. The van der Waals surface area contributed by atoms with Crippen LogP contribution >= 0.6 is 0 Å². The minimum Gasteiger partial charge on any atom is -0.393 e. The van der Waals surface area contributed by atoms with Crippen LogP contribution in [0.2, 0.25) is 0 Å². The summed E-state index contributed by atoms with van der Waals surface area (Å²) in [7, 11) is 0. The lowest BCUT2D eigenvalue weighted by Gasteiger charge is -2.21. The summed E-state index contributed by atoms with van der Waals surface area (Å²) in [5, 5.41) is 12.2. The van der Waals surface area contributed by atoms with Crippen molar-refractivity contribution in [3.63, 3.8) is 0 Å². The molecule has 2 nitrogen and oxygen atoms in total. The molecule has 1 heterocycles. The molecule has 2 heteroatoms. The highest BCUT2D eigenvalue weighted by Crippen LogP contribution is 2.10. The van der Waals surface area contributed by atoms with E-state index in [0.29, 0.717) is 5.92 Å². The molecule has 2 atom stereocenters. The minimum absolute atomic E-state index is 0.178. The van der Waals surface area contributed by atoms with Crippen LogP contribution in [0.1, 0.15) is 13.3 Å². The number of nitrogens with one attached hydrogen (secondary N) is 1. The van der Waals surface area contributed by atoms with E-state index in [-0.39, 0.29) is 6.10 Å². The summed E-state index contributed by atoms with van der Waals surface area (Å²) in [6, 6.07) is 0. The molecule has 0 radical (unpaired) electrons. The van der Waals surface area contributed by atoms with Gasteiger partial charge in [-0.05, 0) is 19.5 Å². The molecule has 0 saturated heterocycles. The van der Waals surface area contributed by atoms with Crippen LogP contribution in [-0.2, 0) is 0 Å². The number of hydrogen-bond acceptors (Lipinski definition) is 2. The fourth-order valence-corrected chi connectivity index (χ4v) is 0.996. The van der Waals surface area contributed by atoms with E-state index >= 15 is 0 Å². The zero-order valence-corrected chi connectivity index (χ0v) is 5.67. The van der Waals surface area contributed by atoms with E-state index < -0.39 is 0 Å². The Morgan fingerprint density at radius 3 is 2.89 bits per heavy atom. The molecule has 1 rings (SSSR count). The molecule has 0 aromatic heterocycles. The van der Waals surface area contributed by atoms with Crippen molar-refractivity contribution < 1.29 is 5.11 Å². The second kappa shape index (κ2) is 2.87. The molecule has 52 valence electrons. The Bertz CT molecular complexity index is 109. The highest BCUT2D eigenvalue weighted by Gasteiger charge is 2.13. The Hall–Kier alpha value is -0.500. The van der Waals surface area contributed by atoms with Crippen molar-refractivity contribution in [1.82, 2.24) is 5.32 Å². The number of hydrogen-bond donors (Lipinski definition) is 2. The maximum absolute atomic E-state index is 9.10. The molecule has 2 unspecified atom stereocenters. The molecule has 0 fully saturated rings. The summed E-state index contributed by atoms with van der Waals surface area (Å²) in [6.45, 7) is 2.75. The van der Waals surface area contributed by atoms with Crippen LogP contribution in [0.3, 0.4) is 0 Å². The maximum atomic E-state index is 9.10. The number of aliphatic hydroxyl groups is 1. The first-order valence-corrected chi connectivity index (χ1v) is 3.37. The van der Waals surface area contributed by atoms with Gasteiger partial charge in [-0.2, -0.15) is 0 Å². The topological polar surface area (TPSA) is 32.3 Å². The van der Waals surface area contributed by atoms with Crippen LogP contribution in [-0.4, -0.2) is 17.8 Å². The zero-order chi connectivity index (χ0) is 6.69. The molecule has 2 N–H and O–H groups in total. The molecule has 1 aliphatic rings. The van der Waals surface area contributed by atoms with E-state index in [4.69, 9.17) is 5.11 Å². The van der Waals surface area contributed by atoms with Crippen LogP contribution in [0.25, 0.3) is 0 Å². The molecule has 0 amide bonds. The van der Waals surface area contributed by atoms with Gasteiger partial charge in [0.2, 0.25) is 0 Å². The molecule has 0 aromatic rings. The molecule has 1 aliphatic heterocycles. The first-order chi connectivity index (χ1) is 4.30. The largest absolute Gasteiger partial charge is 0.393 e. The van der Waals surface area contributed by atoms with Crippen LogP contribution in [0.5, 0.6) is 0 Å². The lowest BCUT2D eigenvalue weighted by molar-refractivity contribution is 0.125. The molecular formula is C7H13NO. The average molecular weight is 127 g/mol. The maximum Gasteiger partial charge on any atom is 0.0560 e. The van der Waals surface area contributed by atoms with Crippen molar-refractivity contribution in [3.8, 4) is 0 Å². The van der Waals surface area contributed by atoms with Crippen molar-refractivity contribution >= 4 is 0 Å². The predicted molar refractivity (Wildman–Crippen MR) is 36.9 cm³/mol. The summed E-state index contributed by atoms with van der Waals surface area (Å²) in [5.74, 6) is 0.412. The third-order valence-electron chi connectivity index (χ3n) is 1.74. The van der Waals surface area contributed by atoms with E-state index in [0.717, 1.165) is 13.0 Å². The van der Waals surface area contributed by atoms with Gasteiger partial charge in [0.15, 0.2) is 0 Å². The average Bonchev–Trinajstić information content (AvgIpc) is 1.90. The van der Waals surface area contributed by atoms with Crippen molar-refractivity contribution in [2.75, 3.05) is 6.54 Å². The number of aliphatic hydroxyl groups excluding tert-OH is 1. The molecule has 0 bridgehead atoms. The standard InChI is InChI=1S/C7H13NO/c1-6(9)7-3-2-4-8-5-7/h2,4,6-9H,3,5H2,1H3.